The molecule has 3 atom stereocenters. The van der Waals surface area contributed by atoms with Crippen molar-refractivity contribution < 1.29 is 14.6 Å². The first kappa shape index (κ1) is 16.8. The highest BCUT2D eigenvalue weighted by molar-refractivity contribution is 7.99. The Balaban J connectivity index is 2.71. The average Bonchev–Trinajstić information content (AvgIpc) is 2.39. The highest BCUT2D eigenvalue weighted by Gasteiger charge is 2.21. The normalized spacial score (nSPS) is 31.6. The molecule has 3 unspecified atom stereocenters. The maximum Gasteiger partial charge on any atom is 0.102 e. The standard InChI is InChI=1S/C15H26O3S/c1-12-10-13(2)15(16)14(17-3)6-4-8-19-9-5-7-18-11-12/h4,6,10,13-16H,5,7-9,11H2,1-3H3. The molecule has 0 bridgehead atoms. The van der Waals surface area contributed by atoms with Gasteiger partial charge in [0.25, 0.3) is 0 Å². The highest BCUT2D eigenvalue weighted by atomic mass is 32.2. The molecule has 0 amide bonds. The summed E-state index contributed by atoms with van der Waals surface area (Å²) >= 11 is 1.88. The van der Waals surface area contributed by atoms with Gasteiger partial charge < -0.3 is 14.6 Å². The summed E-state index contributed by atoms with van der Waals surface area (Å²) in [4.78, 5) is 0. The minimum atomic E-state index is -0.524. The molecule has 1 heterocycles. The average molecular weight is 286 g/mol. The first-order chi connectivity index (χ1) is 9.15. The number of aliphatic hydroxyl groups is 1. The van der Waals surface area contributed by atoms with Gasteiger partial charge in [0.15, 0.2) is 0 Å². The van der Waals surface area contributed by atoms with Gasteiger partial charge in [-0.25, -0.2) is 0 Å². The molecule has 19 heavy (non-hydrogen) atoms. The number of aliphatic hydroxyl groups excluding tert-OH is 1. The van der Waals surface area contributed by atoms with E-state index in [-0.39, 0.29) is 12.0 Å². The Morgan fingerprint density at radius 3 is 3.00 bits per heavy atom. The van der Waals surface area contributed by atoms with E-state index < -0.39 is 6.10 Å². The maximum absolute atomic E-state index is 10.3. The monoisotopic (exact) mass is 286 g/mol. The third-order valence-corrected chi connectivity index (χ3v) is 4.15. The summed E-state index contributed by atoms with van der Waals surface area (Å²) in [5.74, 6) is 2.10. The van der Waals surface area contributed by atoms with E-state index in [1.165, 1.54) is 0 Å². The van der Waals surface area contributed by atoms with E-state index in [9.17, 15) is 5.11 Å². The van der Waals surface area contributed by atoms with Crippen LogP contribution >= 0.6 is 11.8 Å². The quantitative estimate of drug-likeness (QED) is 0.752. The second kappa shape index (κ2) is 9.59. The molecule has 1 rings (SSSR count). The van der Waals surface area contributed by atoms with Crippen LogP contribution in [0, 0.1) is 5.92 Å². The van der Waals surface area contributed by atoms with Gasteiger partial charge in [0.05, 0.1) is 12.7 Å². The number of rotatable bonds is 1. The van der Waals surface area contributed by atoms with Gasteiger partial charge in [-0.05, 0) is 19.1 Å². The van der Waals surface area contributed by atoms with E-state index in [2.05, 4.69) is 12.2 Å². The summed E-state index contributed by atoms with van der Waals surface area (Å²) in [7, 11) is 1.64. The number of hydrogen-bond acceptors (Lipinski definition) is 4. The maximum atomic E-state index is 10.3. The molecular formula is C15H26O3S. The lowest BCUT2D eigenvalue weighted by atomic mass is 9.97. The fraction of sp³-hybridized carbons (Fsp3) is 0.733. The molecule has 0 aromatic carbocycles. The molecule has 0 aliphatic carbocycles. The fourth-order valence-electron chi connectivity index (χ4n) is 2.06. The molecule has 110 valence electrons. The van der Waals surface area contributed by atoms with Crippen LogP contribution in [0.2, 0.25) is 0 Å². The summed E-state index contributed by atoms with van der Waals surface area (Å²) in [5, 5.41) is 10.3. The lowest BCUT2D eigenvalue weighted by Gasteiger charge is -2.23. The van der Waals surface area contributed by atoms with Crippen molar-refractivity contribution in [3.05, 3.63) is 23.8 Å². The van der Waals surface area contributed by atoms with Crippen molar-refractivity contribution in [3.63, 3.8) is 0 Å². The predicted octanol–water partition coefficient (Wildman–Crippen LogP) is 2.65. The van der Waals surface area contributed by atoms with Crippen LogP contribution in [0.15, 0.2) is 23.8 Å². The van der Waals surface area contributed by atoms with Crippen molar-refractivity contribution in [1.82, 2.24) is 0 Å². The minimum absolute atomic E-state index is 0.0498. The van der Waals surface area contributed by atoms with Crippen LogP contribution in [0.3, 0.4) is 0 Å². The highest BCUT2D eigenvalue weighted by Crippen LogP contribution is 2.16. The van der Waals surface area contributed by atoms with Crippen LogP contribution in [0.1, 0.15) is 20.3 Å². The van der Waals surface area contributed by atoms with Crippen LogP contribution in [0.4, 0.5) is 0 Å². The summed E-state index contributed by atoms with van der Waals surface area (Å²) in [6, 6.07) is 0. The zero-order valence-electron chi connectivity index (χ0n) is 12.2. The largest absolute Gasteiger partial charge is 0.389 e. The van der Waals surface area contributed by atoms with Crippen molar-refractivity contribution in [2.75, 3.05) is 31.8 Å². The zero-order valence-corrected chi connectivity index (χ0v) is 13.0. The van der Waals surface area contributed by atoms with Gasteiger partial charge in [0.2, 0.25) is 0 Å². The van der Waals surface area contributed by atoms with E-state index in [0.717, 1.165) is 30.1 Å². The van der Waals surface area contributed by atoms with Gasteiger partial charge in [-0.3, -0.25) is 0 Å². The van der Waals surface area contributed by atoms with Crippen molar-refractivity contribution >= 4 is 11.8 Å². The summed E-state index contributed by atoms with van der Waals surface area (Å²) in [5.41, 5.74) is 1.16. The van der Waals surface area contributed by atoms with Gasteiger partial charge in [0, 0.05) is 25.4 Å². The van der Waals surface area contributed by atoms with Gasteiger partial charge in [-0.2, -0.15) is 11.8 Å². The third kappa shape index (κ3) is 6.61. The fourth-order valence-corrected chi connectivity index (χ4v) is 2.80. The van der Waals surface area contributed by atoms with Gasteiger partial charge >= 0.3 is 0 Å². The second-order valence-electron chi connectivity index (χ2n) is 4.97. The molecule has 4 heteroatoms. The van der Waals surface area contributed by atoms with Crippen LogP contribution in [-0.2, 0) is 9.47 Å². The molecule has 0 radical (unpaired) electrons. The Morgan fingerprint density at radius 2 is 2.26 bits per heavy atom. The molecule has 1 aliphatic rings. The molecule has 1 aliphatic heterocycles. The Bertz CT molecular complexity index is 302. The minimum Gasteiger partial charge on any atom is -0.389 e. The number of hydrogen-bond donors (Lipinski definition) is 1. The first-order valence-corrected chi connectivity index (χ1v) is 8.01. The molecular weight excluding hydrogens is 260 g/mol. The SMILES string of the molecule is COC1C=CCSCCCOCC(C)=CC(C)C1O. The Kier molecular flexibility index (Phi) is 8.46. The molecule has 0 fully saturated rings. The van der Waals surface area contributed by atoms with Crippen molar-refractivity contribution in [2.24, 2.45) is 5.92 Å². The molecule has 1 N–H and O–H groups in total. The van der Waals surface area contributed by atoms with E-state index in [0.29, 0.717) is 6.61 Å². The van der Waals surface area contributed by atoms with Crippen LogP contribution < -0.4 is 0 Å². The second-order valence-corrected chi connectivity index (χ2v) is 6.12. The Labute approximate surface area is 121 Å². The van der Waals surface area contributed by atoms with Gasteiger partial charge in [-0.15, -0.1) is 0 Å². The summed E-state index contributed by atoms with van der Waals surface area (Å²) < 4.78 is 11.0. The Hall–Kier alpha value is -0.290. The molecule has 3 nitrogen and oxygen atoms in total. The molecule has 0 spiro atoms. The predicted molar refractivity (Wildman–Crippen MR) is 81.6 cm³/mol. The van der Waals surface area contributed by atoms with Crippen molar-refractivity contribution in [1.29, 1.82) is 0 Å². The zero-order chi connectivity index (χ0) is 14.1. The van der Waals surface area contributed by atoms with Crippen LogP contribution in [-0.4, -0.2) is 49.1 Å². The van der Waals surface area contributed by atoms with Crippen LogP contribution in [0.5, 0.6) is 0 Å². The van der Waals surface area contributed by atoms with Gasteiger partial charge in [0.1, 0.15) is 6.10 Å². The number of ether oxygens (including phenoxy) is 2. The van der Waals surface area contributed by atoms with E-state index in [1.807, 2.05) is 31.7 Å². The summed E-state index contributed by atoms with van der Waals surface area (Å²) in [6.45, 7) is 5.50. The Morgan fingerprint density at radius 1 is 1.47 bits per heavy atom. The molecule has 0 aromatic rings. The number of thioether (sulfide) groups is 1. The lowest BCUT2D eigenvalue weighted by Crippen LogP contribution is -2.31. The molecule has 0 saturated heterocycles. The smallest absolute Gasteiger partial charge is 0.102 e. The van der Waals surface area contributed by atoms with E-state index >= 15 is 0 Å². The van der Waals surface area contributed by atoms with Crippen molar-refractivity contribution in [3.8, 4) is 0 Å². The molecule has 0 aromatic heterocycles. The summed E-state index contributed by atoms with van der Waals surface area (Å²) in [6.07, 6.45) is 6.44. The van der Waals surface area contributed by atoms with Crippen molar-refractivity contribution in [2.45, 2.75) is 32.5 Å². The first-order valence-electron chi connectivity index (χ1n) is 6.85. The van der Waals surface area contributed by atoms with Gasteiger partial charge in [-0.1, -0.05) is 30.7 Å². The third-order valence-electron chi connectivity index (χ3n) is 3.14. The topological polar surface area (TPSA) is 38.7 Å². The molecule has 0 saturated carbocycles. The lowest BCUT2D eigenvalue weighted by molar-refractivity contribution is -0.00193. The van der Waals surface area contributed by atoms with E-state index in [4.69, 9.17) is 9.47 Å². The van der Waals surface area contributed by atoms with Crippen LogP contribution in [0.25, 0.3) is 0 Å². The van der Waals surface area contributed by atoms with E-state index in [1.54, 1.807) is 7.11 Å². The number of methoxy groups -OCH3 is 1.